The van der Waals surface area contributed by atoms with Gasteiger partial charge in [-0.25, -0.2) is 0 Å². The van der Waals surface area contributed by atoms with Gasteiger partial charge in [-0.15, -0.1) is 0 Å². The molecule has 0 bridgehead atoms. The molecule has 6 nitrogen and oxygen atoms in total. The van der Waals surface area contributed by atoms with Gasteiger partial charge in [0, 0.05) is 23.5 Å². The first-order chi connectivity index (χ1) is 16.5. The van der Waals surface area contributed by atoms with Gasteiger partial charge in [-0.1, -0.05) is 44.2 Å². The van der Waals surface area contributed by atoms with Gasteiger partial charge in [0.05, 0.1) is 13.2 Å². The number of nitrogens with one attached hydrogen (secondary N) is 3. The number of hydrogen-bond acceptors (Lipinski definition) is 4. The van der Waals surface area contributed by atoms with Gasteiger partial charge in [-0.2, -0.15) is 0 Å². The number of hydrogen-bond donors (Lipinski definition) is 3. The van der Waals surface area contributed by atoms with E-state index in [4.69, 9.17) is 4.74 Å². The van der Waals surface area contributed by atoms with E-state index in [1.165, 1.54) is 5.56 Å². The molecule has 0 fully saturated rings. The molecule has 2 amide bonds. The second-order valence-corrected chi connectivity index (χ2v) is 8.59. The van der Waals surface area contributed by atoms with Crippen LogP contribution in [-0.4, -0.2) is 25.0 Å². The molecule has 0 heterocycles. The van der Waals surface area contributed by atoms with Gasteiger partial charge >= 0.3 is 0 Å². The van der Waals surface area contributed by atoms with E-state index < -0.39 is 0 Å². The van der Waals surface area contributed by atoms with E-state index >= 15 is 0 Å². The average molecular weight is 460 g/mol. The molecule has 0 aliphatic heterocycles. The maximum Gasteiger partial charge on any atom is 0.243 e. The van der Waals surface area contributed by atoms with Crippen LogP contribution in [0.5, 0.6) is 5.75 Å². The quantitative estimate of drug-likeness (QED) is 0.302. The molecule has 0 saturated carbocycles. The summed E-state index contributed by atoms with van der Waals surface area (Å²) in [5, 5.41) is 8.83. The highest BCUT2D eigenvalue weighted by atomic mass is 16.5. The van der Waals surface area contributed by atoms with Gasteiger partial charge in [-0.3, -0.25) is 9.59 Å². The van der Waals surface area contributed by atoms with Gasteiger partial charge in [0.15, 0.2) is 0 Å². The number of rotatable bonds is 12. The highest BCUT2D eigenvalue weighted by molar-refractivity contribution is 5.94. The van der Waals surface area contributed by atoms with Crippen molar-refractivity contribution in [2.45, 2.75) is 33.1 Å². The van der Waals surface area contributed by atoms with Crippen LogP contribution in [0, 0.1) is 5.92 Å². The first kappa shape index (κ1) is 24.8. The highest BCUT2D eigenvalue weighted by Gasteiger charge is 2.06. The average Bonchev–Trinajstić information content (AvgIpc) is 2.82. The summed E-state index contributed by atoms with van der Waals surface area (Å²) in [5.41, 5.74) is 3.56. The minimum absolute atomic E-state index is 0.00121. The van der Waals surface area contributed by atoms with Gasteiger partial charge in [0.1, 0.15) is 5.75 Å². The fourth-order valence-corrected chi connectivity index (χ4v) is 3.39. The number of aryl methyl sites for hydroxylation is 1. The molecule has 3 N–H and O–H groups in total. The molecule has 0 atom stereocenters. The van der Waals surface area contributed by atoms with E-state index in [-0.39, 0.29) is 18.4 Å². The van der Waals surface area contributed by atoms with Crippen LogP contribution < -0.4 is 20.7 Å². The number of ether oxygens (including phenoxy) is 1. The summed E-state index contributed by atoms with van der Waals surface area (Å²) >= 11 is 0. The molecule has 34 heavy (non-hydrogen) atoms. The Morgan fingerprint density at radius 2 is 1.35 bits per heavy atom. The van der Waals surface area contributed by atoms with Crippen molar-refractivity contribution >= 4 is 28.9 Å². The highest BCUT2D eigenvalue weighted by Crippen LogP contribution is 2.17. The molecular formula is C28H33N3O3. The molecule has 3 aromatic carbocycles. The standard InChI is InChI=1S/C28H33N3O3/c1-21(2)19-27(32)30-24-12-10-23(11-13-24)29-20-28(33)31-25-14-16-26(17-15-25)34-18-6-9-22-7-4-3-5-8-22/h3-5,7-8,10-17,21,29H,6,9,18-20H2,1-2H3,(H,30,32)(H,31,33). The summed E-state index contributed by atoms with van der Waals surface area (Å²) in [4.78, 5) is 24.1. The normalized spacial score (nSPS) is 10.6. The number of anilines is 3. The van der Waals surface area contributed by atoms with Crippen molar-refractivity contribution in [2.24, 2.45) is 5.92 Å². The Bertz CT molecular complexity index is 1030. The Morgan fingerprint density at radius 1 is 0.765 bits per heavy atom. The number of carbonyl (C=O) groups is 2. The van der Waals surface area contributed by atoms with Gasteiger partial charge in [0.25, 0.3) is 0 Å². The number of benzene rings is 3. The fraction of sp³-hybridized carbons (Fsp3) is 0.286. The van der Waals surface area contributed by atoms with Gasteiger partial charge < -0.3 is 20.7 Å². The van der Waals surface area contributed by atoms with Crippen LogP contribution in [0.15, 0.2) is 78.9 Å². The van der Waals surface area contributed by atoms with Crippen molar-refractivity contribution < 1.29 is 14.3 Å². The summed E-state index contributed by atoms with van der Waals surface area (Å²) in [6.45, 7) is 4.80. The minimum atomic E-state index is -0.147. The minimum Gasteiger partial charge on any atom is -0.494 e. The zero-order valence-corrected chi connectivity index (χ0v) is 19.8. The van der Waals surface area contributed by atoms with Crippen LogP contribution >= 0.6 is 0 Å². The molecule has 0 aliphatic carbocycles. The maximum absolute atomic E-state index is 12.3. The predicted octanol–water partition coefficient (Wildman–Crippen LogP) is 5.73. The first-order valence-electron chi connectivity index (χ1n) is 11.7. The third-order valence-corrected chi connectivity index (χ3v) is 5.07. The van der Waals surface area contributed by atoms with Crippen LogP contribution in [0.1, 0.15) is 32.3 Å². The van der Waals surface area contributed by atoms with Gasteiger partial charge in [-0.05, 0) is 72.9 Å². The van der Waals surface area contributed by atoms with Crippen molar-refractivity contribution in [1.82, 2.24) is 0 Å². The Labute approximate surface area is 201 Å². The lowest BCUT2D eigenvalue weighted by Crippen LogP contribution is -2.21. The number of carbonyl (C=O) groups excluding carboxylic acids is 2. The predicted molar refractivity (Wildman–Crippen MR) is 138 cm³/mol. The molecule has 6 heteroatoms. The molecule has 3 aromatic rings. The molecule has 0 aliphatic rings. The van der Waals surface area contributed by atoms with Crippen LogP contribution in [-0.2, 0) is 16.0 Å². The topological polar surface area (TPSA) is 79.5 Å². The lowest BCUT2D eigenvalue weighted by molar-refractivity contribution is -0.117. The summed E-state index contributed by atoms with van der Waals surface area (Å²) in [6.07, 6.45) is 2.42. The summed E-state index contributed by atoms with van der Waals surface area (Å²) in [5.74, 6) is 0.947. The monoisotopic (exact) mass is 459 g/mol. The van der Waals surface area contributed by atoms with Crippen molar-refractivity contribution in [1.29, 1.82) is 0 Å². The maximum atomic E-state index is 12.3. The molecule has 0 unspecified atom stereocenters. The van der Waals surface area contributed by atoms with E-state index in [1.807, 2.05) is 80.6 Å². The Morgan fingerprint density at radius 3 is 2.00 bits per heavy atom. The number of amides is 2. The lowest BCUT2D eigenvalue weighted by atomic mass is 10.1. The van der Waals surface area contributed by atoms with E-state index in [9.17, 15) is 9.59 Å². The van der Waals surface area contributed by atoms with E-state index in [2.05, 4.69) is 28.1 Å². The third-order valence-electron chi connectivity index (χ3n) is 5.07. The molecule has 178 valence electrons. The first-order valence-corrected chi connectivity index (χ1v) is 11.7. The summed E-state index contributed by atoms with van der Waals surface area (Å²) in [6, 6.07) is 25.0. The summed E-state index contributed by atoms with van der Waals surface area (Å²) in [7, 11) is 0. The van der Waals surface area contributed by atoms with Crippen molar-refractivity contribution in [3.63, 3.8) is 0 Å². The zero-order chi connectivity index (χ0) is 24.2. The van der Waals surface area contributed by atoms with Crippen LogP contribution in [0.25, 0.3) is 0 Å². The van der Waals surface area contributed by atoms with E-state index in [1.54, 1.807) is 0 Å². The molecule has 0 aromatic heterocycles. The molecule has 0 saturated heterocycles. The summed E-state index contributed by atoms with van der Waals surface area (Å²) < 4.78 is 5.79. The van der Waals surface area contributed by atoms with Crippen molar-refractivity contribution in [2.75, 3.05) is 29.1 Å². The second-order valence-electron chi connectivity index (χ2n) is 8.59. The zero-order valence-electron chi connectivity index (χ0n) is 19.8. The van der Waals surface area contributed by atoms with Gasteiger partial charge in [0.2, 0.25) is 11.8 Å². The van der Waals surface area contributed by atoms with E-state index in [0.29, 0.717) is 24.6 Å². The smallest absolute Gasteiger partial charge is 0.243 e. The fourth-order valence-electron chi connectivity index (χ4n) is 3.39. The van der Waals surface area contributed by atoms with Crippen LogP contribution in [0.3, 0.4) is 0 Å². The van der Waals surface area contributed by atoms with E-state index in [0.717, 1.165) is 30.0 Å². The molecular weight excluding hydrogens is 426 g/mol. The second kappa shape index (κ2) is 13.0. The molecule has 0 radical (unpaired) electrons. The Kier molecular flexibility index (Phi) is 9.52. The molecule has 0 spiro atoms. The van der Waals surface area contributed by atoms with Crippen molar-refractivity contribution in [3.05, 3.63) is 84.4 Å². The third kappa shape index (κ3) is 8.98. The van der Waals surface area contributed by atoms with Crippen molar-refractivity contribution in [3.8, 4) is 5.75 Å². The lowest BCUT2D eigenvalue weighted by Gasteiger charge is -2.11. The Hall–Kier alpha value is -3.80. The van der Waals surface area contributed by atoms with Crippen LogP contribution in [0.2, 0.25) is 0 Å². The largest absolute Gasteiger partial charge is 0.494 e. The SMILES string of the molecule is CC(C)CC(=O)Nc1ccc(NCC(=O)Nc2ccc(OCCCc3ccccc3)cc2)cc1. The van der Waals surface area contributed by atoms with Crippen LogP contribution in [0.4, 0.5) is 17.1 Å². The molecule has 3 rings (SSSR count). The Balaban J connectivity index is 1.35.